The molecule has 3 aromatic carbocycles. The van der Waals surface area contributed by atoms with Gasteiger partial charge >= 0.3 is 14.2 Å². The molecule has 23 nitrogen and oxygen atoms in total. The van der Waals surface area contributed by atoms with Gasteiger partial charge in [0.1, 0.15) is 51.5 Å². The van der Waals surface area contributed by atoms with E-state index >= 15 is 0 Å². The lowest BCUT2D eigenvalue weighted by Gasteiger charge is -2.32. The number of benzene rings is 3. The van der Waals surface area contributed by atoms with Gasteiger partial charge in [-0.25, -0.2) is 44.9 Å². The fourth-order valence-corrected chi connectivity index (χ4v) is 11.6. The van der Waals surface area contributed by atoms with Crippen molar-refractivity contribution in [2.24, 2.45) is 26.9 Å². The van der Waals surface area contributed by atoms with E-state index in [-0.39, 0.29) is 28.9 Å². The molecule has 3 aliphatic carbocycles. The van der Waals surface area contributed by atoms with Crippen molar-refractivity contribution in [3.63, 3.8) is 0 Å². The van der Waals surface area contributed by atoms with E-state index in [2.05, 4.69) is 100 Å². The number of aromatic nitrogens is 15. The van der Waals surface area contributed by atoms with Crippen molar-refractivity contribution in [2.75, 3.05) is 0 Å². The van der Waals surface area contributed by atoms with Gasteiger partial charge in [0, 0.05) is 157 Å². The average molecular weight is 1500 g/mol. The number of rotatable bonds is 13. The van der Waals surface area contributed by atoms with Crippen LogP contribution >= 0.6 is 50.7 Å². The molecular weight excluding hydrogens is 1430 g/mol. The summed E-state index contributed by atoms with van der Waals surface area (Å²) in [6, 6.07) is 27.4. The van der Waals surface area contributed by atoms with E-state index in [0.29, 0.717) is 46.0 Å². The topological polar surface area (TPSA) is 319 Å². The first-order valence-corrected chi connectivity index (χ1v) is 35.7. The first-order valence-electron chi connectivity index (χ1n) is 33.4. The minimum atomic E-state index is -1.46. The average Bonchev–Trinajstić information content (AvgIpc) is 1.74. The van der Waals surface area contributed by atoms with Gasteiger partial charge < -0.3 is 25.1 Å². The summed E-state index contributed by atoms with van der Waals surface area (Å²) in [5.41, 5.74) is 18.7. The van der Waals surface area contributed by atoms with Crippen LogP contribution in [-0.2, 0) is 48.6 Å². The number of hydrogen-bond acceptors (Lipinski definition) is 19. The molecule has 3 saturated carbocycles. The quantitative estimate of drug-likeness (QED) is 0.0713. The van der Waals surface area contributed by atoms with Gasteiger partial charge in [-0.3, -0.25) is 18.8 Å². The molecule has 1 aliphatic heterocycles. The van der Waals surface area contributed by atoms with Crippen molar-refractivity contribution in [1.82, 2.24) is 74.2 Å². The molecule has 0 spiro atoms. The van der Waals surface area contributed by atoms with E-state index in [0.717, 1.165) is 130 Å². The van der Waals surface area contributed by atoms with Crippen LogP contribution in [0.5, 0.6) is 0 Å². The van der Waals surface area contributed by atoms with Gasteiger partial charge in [0.05, 0.1) is 45.2 Å². The van der Waals surface area contributed by atoms with Gasteiger partial charge in [-0.05, 0) is 148 Å². The summed E-state index contributed by atoms with van der Waals surface area (Å²) in [5, 5.41) is 52.4. The summed E-state index contributed by atoms with van der Waals surface area (Å²) in [7, 11) is 3.86. The molecule has 4 fully saturated rings. The van der Waals surface area contributed by atoms with Gasteiger partial charge in [-0.2, -0.15) is 25.8 Å². The van der Waals surface area contributed by atoms with Crippen LogP contribution in [0, 0.1) is 22.7 Å². The number of aryl methyl sites for hydroxylation is 3. The van der Waals surface area contributed by atoms with Crippen LogP contribution in [0.2, 0.25) is 5.02 Å². The maximum atomic E-state index is 11.8. The van der Waals surface area contributed by atoms with Crippen LogP contribution in [0.4, 0.5) is 0 Å². The number of nitrogens with two attached hydrogens (primary N) is 1. The Hall–Kier alpha value is -9.47. The van der Waals surface area contributed by atoms with Crippen molar-refractivity contribution in [3.05, 3.63) is 215 Å². The van der Waals surface area contributed by atoms with E-state index in [1.54, 1.807) is 45.5 Å². The molecule has 29 heteroatoms. The molecule has 103 heavy (non-hydrogen) atoms. The highest BCUT2D eigenvalue weighted by Gasteiger charge is 2.52. The van der Waals surface area contributed by atoms with Crippen LogP contribution < -0.4 is 16.7 Å². The molecule has 4 aliphatic rings. The van der Waals surface area contributed by atoms with Crippen LogP contribution in [0.1, 0.15) is 158 Å². The normalized spacial score (nSPS) is 14.7. The Morgan fingerprint density at radius 2 is 0.990 bits per heavy atom. The zero-order chi connectivity index (χ0) is 73.3. The second-order valence-corrected chi connectivity index (χ2v) is 29.1. The lowest BCUT2D eigenvalue weighted by molar-refractivity contribution is 0.00578. The lowest BCUT2D eigenvalue weighted by Crippen LogP contribution is -2.41. The molecule has 0 bridgehead atoms. The minimum absolute atomic E-state index is 0.222. The highest BCUT2D eigenvalue weighted by Crippen LogP contribution is 2.40. The largest absolute Gasteiger partial charge is 0.498 e. The van der Waals surface area contributed by atoms with Crippen molar-refractivity contribution < 1.29 is 24.2 Å². The van der Waals surface area contributed by atoms with E-state index in [4.69, 9.17) is 65.2 Å². The molecule has 0 radical (unpaired) electrons. The summed E-state index contributed by atoms with van der Waals surface area (Å²) in [5.74, 6) is 3.80. The Kier molecular flexibility index (Phi) is 23.9. The second-order valence-electron chi connectivity index (χ2n) is 26.6. The smallest absolute Gasteiger partial charge is 0.423 e. The Morgan fingerprint density at radius 3 is 1.40 bits per heavy atom. The van der Waals surface area contributed by atoms with Crippen molar-refractivity contribution in [2.45, 2.75) is 125 Å². The third kappa shape index (κ3) is 19.6. The van der Waals surface area contributed by atoms with E-state index in [1.807, 2.05) is 147 Å². The number of carbonyl (C=O) groups excluding carboxylic acids is 1. The molecule has 12 aromatic rings. The van der Waals surface area contributed by atoms with Gasteiger partial charge in [-0.15, -0.1) is 23.2 Å². The third-order valence-corrected chi connectivity index (χ3v) is 18.5. The van der Waals surface area contributed by atoms with Gasteiger partial charge in [-0.1, -0.05) is 63.9 Å². The zero-order valence-corrected chi connectivity index (χ0v) is 61.8. The first-order chi connectivity index (χ1) is 49.3. The van der Waals surface area contributed by atoms with Gasteiger partial charge in [0.2, 0.25) is 0 Å². The van der Waals surface area contributed by atoms with E-state index in [1.165, 1.54) is 38.1 Å². The lowest BCUT2D eigenvalue weighted by atomic mass is 9.82. The van der Waals surface area contributed by atoms with Crippen LogP contribution in [0.3, 0.4) is 0 Å². The van der Waals surface area contributed by atoms with Crippen LogP contribution in [-0.4, -0.2) is 120 Å². The Bertz CT molecular complexity index is 5040. The fourth-order valence-electron chi connectivity index (χ4n) is 11.0. The number of nitriles is 2. The molecule has 9 aromatic heterocycles. The standard InChI is InChI=1S/C22H20N6O.C22H18N6.C11H6BrClN2.C10H17BN2O2.C7H9BN2O2.C2H4Cl2/c1-28-12-16(11-26-28)18-8-20(21(23)29)27-19-7-13(2-5-17(18)19)6-14-9-24-22(25-10-14)15-3-4-15;1-28-13-17(12-26-28)20-8-18(9-23)27-21-7-14(2-5-19(20)21)6-15-10-24-22(25-11-15)16-3-4-16;12-5-7-1-2-9-10(13)4-8(6-14)15-11(9)3-7;1-9(2)10(3,4)15-11(14-9)8-6-12-13(5)7-8;11-8(12)6-3-9-7(10-4-6)5-1-2-5;1-2(3)4/h2,5,7-12,15H,3-4,6H2,1H3,(H2,23,29);2,5,7-8,10-13,16H,3-4,6H2,1H3;1-4H,5H2;6-7H,1-5H3;3-5,11-12H,1-2H2;2H,1H3. The van der Waals surface area contributed by atoms with Crippen LogP contribution in [0.25, 0.3) is 55.0 Å². The fraction of sp³-hybridized carbons (Fsp3) is 0.311. The second kappa shape index (κ2) is 32.9. The van der Waals surface area contributed by atoms with Crippen LogP contribution in [0.15, 0.2) is 147 Å². The SMILES string of the molecule is CC(Cl)Cl.Cn1cc(-c2cc(C#N)nc3cc(Cc4cnc(C5CC5)nc4)ccc23)cn1.Cn1cc(-c2cc(C(N)=O)nc3cc(Cc4cnc(C5CC5)nc4)ccc23)cn1.Cn1cc(B2OC(C)(C)C(C)(C)O2)cn1.N#Cc1cc(Cl)c2ccc(CBr)cc2n1.OB(O)c1cnc(C2CC2)nc1. The molecule has 16 rings (SSSR count). The molecule has 0 unspecified atom stereocenters. The highest BCUT2D eigenvalue weighted by atomic mass is 79.9. The maximum Gasteiger partial charge on any atom is 0.498 e. The molecule has 1 amide bonds. The number of amides is 1. The molecule has 524 valence electrons. The Balaban J connectivity index is 0.000000133. The number of hydrogen-bond donors (Lipinski definition) is 3. The molecule has 1 saturated heterocycles. The summed E-state index contributed by atoms with van der Waals surface area (Å²) in [4.78, 5) is 50.9. The Labute approximate surface area is 620 Å². The summed E-state index contributed by atoms with van der Waals surface area (Å²) in [6.45, 7) is 9.88. The predicted molar refractivity (Wildman–Crippen MR) is 403 cm³/mol. The highest BCUT2D eigenvalue weighted by molar-refractivity contribution is 9.08. The van der Waals surface area contributed by atoms with Crippen molar-refractivity contribution in [3.8, 4) is 34.4 Å². The molecule has 10 heterocycles. The molecular formula is C74H74B2BrCl3N18O5. The number of carbonyl (C=O) groups is 1. The number of fused-ring (bicyclic) bond motifs is 3. The number of alkyl halides is 3. The summed E-state index contributed by atoms with van der Waals surface area (Å²) < 4.78 is 17.0. The minimum Gasteiger partial charge on any atom is -0.423 e. The third-order valence-electron chi connectivity index (χ3n) is 17.6. The number of primary amides is 1. The summed E-state index contributed by atoms with van der Waals surface area (Å²) >= 11 is 19.5. The molecule has 4 N–H and O–H groups in total. The maximum absolute atomic E-state index is 11.8. The zero-order valence-electron chi connectivity index (χ0n) is 58.0. The van der Waals surface area contributed by atoms with E-state index in [9.17, 15) is 10.1 Å². The van der Waals surface area contributed by atoms with E-state index < -0.39 is 13.0 Å². The predicted octanol–water partition coefficient (Wildman–Crippen LogP) is 12.0. The van der Waals surface area contributed by atoms with Gasteiger partial charge in [0.25, 0.3) is 5.91 Å². The summed E-state index contributed by atoms with van der Waals surface area (Å²) in [6.07, 6.45) is 30.2. The monoisotopic (exact) mass is 1500 g/mol. The molecule has 0 atom stereocenters. The first kappa shape index (κ1) is 74.7. The number of halogens is 4. The Morgan fingerprint density at radius 1 is 0.592 bits per heavy atom. The number of pyridine rings is 3. The number of nitrogens with zero attached hydrogens (tertiary/aromatic N) is 17. The van der Waals surface area contributed by atoms with Gasteiger partial charge in [0.15, 0.2) is 0 Å². The van der Waals surface area contributed by atoms with Crippen molar-refractivity contribution in [1.29, 1.82) is 10.5 Å². The van der Waals surface area contributed by atoms with Crippen molar-refractivity contribution >= 4 is 115 Å².